The minimum atomic E-state index is -0.220. The second kappa shape index (κ2) is 6.37. The standard InChI is InChI=1S/C14H25N3O2/c1-16-6-2-11(3-7-16)10-13(18)17-8-4-12(5-9-17)14(15)19/h11-12H,2-10H2,1H3,(H2,15,19). The molecular formula is C14H25N3O2. The number of rotatable bonds is 3. The van der Waals surface area contributed by atoms with Gasteiger partial charge in [-0.25, -0.2) is 0 Å². The van der Waals surface area contributed by atoms with E-state index in [1.807, 2.05) is 4.90 Å². The molecule has 5 heteroatoms. The zero-order valence-electron chi connectivity index (χ0n) is 11.8. The van der Waals surface area contributed by atoms with E-state index in [4.69, 9.17) is 5.73 Å². The van der Waals surface area contributed by atoms with Crippen LogP contribution >= 0.6 is 0 Å². The maximum absolute atomic E-state index is 12.2. The molecule has 2 amide bonds. The number of hydrogen-bond acceptors (Lipinski definition) is 3. The molecular weight excluding hydrogens is 242 g/mol. The average molecular weight is 267 g/mol. The predicted octanol–water partition coefficient (Wildman–Crippen LogP) is 0.442. The fourth-order valence-electron chi connectivity index (χ4n) is 3.06. The van der Waals surface area contributed by atoms with E-state index < -0.39 is 0 Å². The van der Waals surface area contributed by atoms with Gasteiger partial charge >= 0.3 is 0 Å². The van der Waals surface area contributed by atoms with Crippen molar-refractivity contribution >= 4 is 11.8 Å². The smallest absolute Gasteiger partial charge is 0.222 e. The molecule has 2 rings (SSSR count). The lowest BCUT2D eigenvalue weighted by Crippen LogP contribution is -2.42. The third-order valence-electron chi connectivity index (χ3n) is 4.55. The number of carbonyl (C=O) groups excluding carboxylic acids is 2. The number of nitrogens with zero attached hydrogens (tertiary/aromatic N) is 2. The van der Waals surface area contributed by atoms with Crippen LogP contribution in [0.2, 0.25) is 0 Å². The van der Waals surface area contributed by atoms with Gasteiger partial charge in [0.25, 0.3) is 0 Å². The Morgan fingerprint density at radius 3 is 2.16 bits per heavy atom. The van der Waals surface area contributed by atoms with Crippen LogP contribution in [0.3, 0.4) is 0 Å². The molecule has 0 aromatic heterocycles. The molecule has 108 valence electrons. The SMILES string of the molecule is CN1CCC(CC(=O)N2CCC(C(N)=O)CC2)CC1. The third kappa shape index (κ3) is 3.93. The first-order valence-electron chi connectivity index (χ1n) is 7.32. The molecule has 2 aliphatic rings. The predicted molar refractivity (Wildman–Crippen MR) is 73.3 cm³/mol. The Morgan fingerprint density at radius 1 is 1.05 bits per heavy atom. The lowest BCUT2D eigenvalue weighted by atomic mass is 9.92. The van der Waals surface area contributed by atoms with E-state index in [-0.39, 0.29) is 17.7 Å². The van der Waals surface area contributed by atoms with Crippen molar-refractivity contribution in [1.82, 2.24) is 9.80 Å². The van der Waals surface area contributed by atoms with E-state index >= 15 is 0 Å². The summed E-state index contributed by atoms with van der Waals surface area (Å²) in [6.07, 6.45) is 4.39. The number of piperidine rings is 2. The molecule has 0 aromatic carbocycles. The van der Waals surface area contributed by atoms with Gasteiger partial charge in [0.05, 0.1) is 0 Å². The molecule has 0 aliphatic carbocycles. The van der Waals surface area contributed by atoms with Crippen LogP contribution < -0.4 is 5.73 Å². The third-order valence-corrected chi connectivity index (χ3v) is 4.55. The molecule has 0 spiro atoms. The van der Waals surface area contributed by atoms with Crippen molar-refractivity contribution in [3.63, 3.8) is 0 Å². The Balaban J connectivity index is 1.74. The first-order chi connectivity index (χ1) is 9.06. The Hall–Kier alpha value is -1.10. The van der Waals surface area contributed by atoms with E-state index in [0.29, 0.717) is 25.4 Å². The summed E-state index contributed by atoms with van der Waals surface area (Å²) in [5.74, 6) is 0.546. The zero-order valence-corrected chi connectivity index (χ0v) is 11.8. The van der Waals surface area contributed by atoms with Gasteiger partial charge in [0.15, 0.2) is 0 Å². The molecule has 19 heavy (non-hydrogen) atoms. The highest BCUT2D eigenvalue weighted by Gasteiger charge is 2.27. The second-order valence-corrected chi connectivity index (χ2v) is 6.01. The van der Waals surface area contributed by atoms with Crippen LogP contribution in [0.4, 0.5) is 0 Å². The molecule has 2 saturated heterocycles. The van der Waals surface area contributed by atoms with Crippen molar-refractivity contribution in [3.05, 3.63) is 0 Å². The summed E-state index contributed by atoms with van der Waals surface area (Å²) in [7, 11) is 2.13. The Labute approximate surface area is 115 Å². The number of hydrogen-bond donors (Lipinski definition) is 1. The van der Waals surface area contributed by atoms with Gasteiger partial charge in [0.1, 0.15) is 0 Å². The average Bonchev–Trinajstić information content (AvgIpc) is 2.41. The summed E-state index contributed by atoms with van der Waals surface area (Å²) in [5.41, 5.74) is 5.30. The van der Waals surface area contributed by atoms with E-state index in [0.717, 1.165) is 38.8 Å². The highest BCUT2D eigenvalue weighted by Crippen LogP contribution is 2.23. The molecule has 0 bridgehead atoms. The fourth-order valence-corrected chi connectivity index (χ4v) is 3.06. The van der Waals surface area contributed by atoms with Crippen LogP contribution in [0.1, 0.15) is 32.1 Å². The van der Waals surface area contributed by atoms with Gasteiger partial charge in [-0.2, -0.15) is 0 Å². The van der Waals surface area contributed by atoms with E-state index in [1.54, 1.807) is 0 Å². The monoisotopic (exact) mass is 267 g/mol. The van der Waals surface area contributed by atoms with Crippen molar-refractivity contribution in [2.75, 3.05) is 33.2 Å². The van der Waals surface area contributed by atoms with Crippen molar-refractivity contribution in [2.24, 2.45) is 17.6 Å². The van der Waals surface area contributed by atoms with E-state index in [1.165, 1.54) is 0 Å². The van der Waals surface area contributed by atoms with Crippen LogP contribution in [0.25, 0.3) is 0 Å². The summed E-state index contributed by atoms with van der Waals surface area (Å²) in [6.45, 7) is 3.58. The molecule has 0 atom stereocenters. The van der Waals surface area contributed by atoms with Gasteiger partial charge in [-0.3, -0.25) is 9.59 Å². The normalized spacial score (nSPS) is 23.5. The van der Waals surface area contributed by atoms with Crippen LogP contribution in [0.15, 0.2) is 0 Å². The number of likely N-dealkylation sites (tertiary alicyclic amines) is 2. The summed E-state index contributed by atoms with van der Waals surface area (Å²) >= 11 is 0. The van der Waals surface area contributed by atoms with Crippen LogP contribution in [-0.4, -0.2) is 54.8 Å². The molecule has 0 unspecified atom stereocenters. The minimum Gasteiger partial charge on any atom is -0.369 e. The van der Waals surface area contributed by atoms with Crippen LogP contribution in [-0.2, 0) is 9.59 Å². The summed E-state index contributed by atoms with van der Waals surface area (Å²) < 4.78 is 0. The Kier molecular flexibility index (Phi) is 4.80. The van der Waals surface area contributed by atoms with Crippen molar-refractivity contribution in [1.29, 1.82) is 0 Å². The number of carbonyl (C=O) groups is 2. The molecule has 0 aromatic rings. The Morgan fingerprint density at radius 2 is 1.63 bits per heavy atom. The molecule has 2 heterocycles. The maximum Gasteiger partial charge on any atom is 0.222 e. The summed E-state index contributed by atoms with van der Waals surface area (Å²) in [5, 5.41) is 0. The van der Waals surface area contributed by atoms with Crippen molar-refractivity contribution < 1.29 is 9.59 Å². The van der Waals surface area contributed by atoms with Crippen LogP contribution in [0, 0.1) is 11.8 Å². The van der Waals surface area contributed by atoms with Crippen LogP contribution in [0.5, 0.6) is 0 Å². The molecule has 2 fully saturated rings. The number of nitrogens with two attached hydrogens (primary N) is 1. The van der Waals surface area contributed by atoms with Gasteiger partial charge in [0, 0.05) is 25.4 Å². The molecule has 2 N–H and O–H groups in total. The summed E-state index contributed by atoms with van der Waals surface area (Å²) in [6, 6.07) is 0. The summed E-state index contributed by atoms with van der Waals surface area (Å²) in [4.78, 5) is 27.5. The first kappa shape index (κ1) is 14.3. The highest BCUT2D eigenvalue weighted by molar-refractivity contribution is 5.79. The van der Waals surface area contributed by atoms with E-state index in [2.05, 4.69) is 11.9 Å². The fraction of sp³-hybridized carbons (Fsp3) is 0.857. The van der Waals surface area contributed by atoms with Gasteiger partial charge < -0.3 is 15.5 Å². The van der Waals surface area contributed by atoms with Gasteiger partial charge in [-0.05, 0) is 51.7 Å². The second-order valence-electron chi connectivity index (χ2n) is 6.01. The largest absolute Gasteiger partial charge is 0.369 e. The lowest BCUT2D eigenvalue weighted by molar-refractivity contribution is -0.136. The van der Waals surface area contributed by atoms with Crippen molar-refractivity contribution in [2.45, 2.75) is 32.1 Å². The lowest BCUT2D eigenvalue weighted by Gasteiger charge is -2.33. The molecule has 5 nitrogen and oxygen atoms in total. The van der Waals surface area contributed by atoms with Gasteiger partial charge in [-0.15, -0.1) is 0 Å². The van der Waals surface area contributed by atoms with Gasteiger partial charge in [-0.1, -0.05) is 0 Å². The first-order valence-corrected chi connectivity index (χ1v) is 7.32. The quantitative estimate of drug-likeness (QED) is 0.807. The maximum atomic E-state index is 12.2. The van der Waals surface area contributed by atoms with Crippen molar-refractivity contribution in [3.8, 4) is 0 Å². The number of primary amides is 1. The topological polar surface area (TPSA) is 66.6 Å². The molecule has 0 radical (unpaired) electrons. The zero-order chi connectivity index (χ0) is 13.8. The Bertz CT molecular complexity index is 330. The highest BCUT2D eigenvalue weighted by atomic mass is 16.2. The van der Waals surface area contributed by atoms with Gasteiger partial charge in [0.2, 0.25) is 11.8 Å². The molecule has 0 saturated carbocycles. The number of amides is 2. The van der Waals surface area contributed by atoms with E-state index in [9.17, 15) is 9.59 Å². The molecule has 2 aliphatic heterocycles. The minimum absolute atomic E-state index is 0.0348.